The summed E-state index contributed by atoms with van der Waals surface area (Å²) in [7, 11) is 4.03. The van der Waals surface area contributed by atoms with Gasteiger partial charge >= 0.3 is 0 Å². The van der Waals surface area contributed by atoms with Crippen molar-refractivity contribution in [2.24, 2.45) is 0 Å². The summed E-state index contributed by atoms with van der Waals surface area (Å²) in [5.74, 6) is -0.499. The van der Waals surface area contributed by atoms with Gasteiger partial charge in [0.1, 0.15) is 5.52 Å². The van der Waals surface area contributed by atoms with Crippen LogP contribution in [0, 0.1) is 12.7 Å². The van der Waals surface area contributed by atoms with E-state index in [-0.39, 0.29) is 27.4 Å². The molecule has 31 heavy (non-hydrogen) atoms. The van der Waals surface area contributed by atoms with Crippen LogP contribution in [0.15, 0.2) is 42.5 Å². The van der Waals surface area contributed by atoms with Crippen LogP contribution in [-0.2, 0) is 0 Å². The molecule has 5 nitrogen and oxygen atoms in total. The number of hydrogen-bond acceptors (Lipinski definition) is 5. The fourth-order valence-electron chi connectivity index (χ4n) is 4.17. The van der Waals surface area contributed by atoms with Gasteiger partial charge in [-0.05, 0) is 49.0 Å². The van der Waals surface area contributed by atoms with Gasteiger partial charge in [-0.3, -0.25) is 0 Å². The highest BCUT2D eigenvalue weighted by molar-refractivity contribution is 6.34. The van der Waals surface area contributed by atoms with Crippen LogP contribution in [0.5, 0.6) is 5.88 Å². The predicted molar refractivity (Wildman–Crippen MR) is 124 cm³/mol. The van der Waals surface area contributed by atoms with Crippen molar-refractivity contribution < 1.29 is 9.50 Å². The van der Waals surface area contributed by atoms with Crippen molar-refractivity contribution >= 4 is 39.2 Å². The Morgan fingerprint density at radius 2 is 1.84 bits per heavy atom. The van der Waals surface area contributed by atoms with Crippen molar-refractivity contribution in [2.45, 2.75) is 13.0 Å². The lowest BCUT2D eigenvalue weighted by Gasteiger charge is -2.42. The van der Waals surface area contributed by atoms with Crippen molar-refractivity contribution in [3.05, 3.63) is 58.9 Å². The average molecular weight is 437 g/mol. The molecule has 1 fully saturated rings. The number of benzene rings is 3. The molecule has 0 atom stereocenters. The maximum absolute atomic E-state index is 15.9. The first-order valence-corrected chi connectivity index (χ1v) is 10.5. The van der Waals surface area contributed by atoms with Crippen molar-refractivity contribution in [3.63, 3.8) is 0 Å². The van der Waals surface area contributed by atoms with Gasteiger partial charge in [0, 0.05) is 24.7 Å². The smallest absolute Gasteiger partial charge is 0.229 e. The minimum Gasteiger partial charge on any atom is -0.493 e. The number of aromatic nitrogens is 2. The standard InChI is InChI=1S/C24H22ClFN4O/c1-13-8-14-6-4-5-7-16(14)17(9-13)20-19(25)10-18-22(21(20)26)27-24(28-23(18)31)30-11-15(12-30)29(2)3/h4-10,15H,11-12H2,1-3H3,(H,27,28,31). The molecular weight excluding hydrogens is 415 g/mol. The first-order valence-electron chi connectivity index (χ1n) is 10.1. The quantitative estimate of drug-likeness (QED) is 0.489. The van der Waals surface area contributed by atoms with E-state index in [2.05, 4.69) is 20.9 Å². The molecule has 7 heteroatoms. The van der Waals surface area contributed by atoms with E-state index in [0.29, 0.717) is 17.6 Å². The Hall–Kier alpha value is -2.96. The molecule has 4 aromatic rings. The lowest BCUT2D eigenvalue weighted by Crippen LogP contribution is -2.58. The maximum Gasteiger partial charge on any atom is 0.229 e. The molecule has 0 saturated carbocycles. The fraction of sp³-hybridized carbons (Fsp3) is 0.250. The van der Waals surface area contributed by atoms with E-state index in [1.165, 1.54) is 0 Å². The van der Waals surface area contributed by atoms with Gasteiger partial charge in [-0.25, -0.2) is 9.37 Å². The minimum atomic E-state index is -0.554. The fourth-order valence-corrected chi connectivity index (χ4v) is 4.46. The SMILES string of the molecule is Cc1cc(-c2c(Cl)cc3c(O)nc(N4CC(N(C)C)C4)nc3c2F)c2ccccc2c1. The third kappa shape index (κ3) is 3.27. The Morgan fingerprint density at radius 1 is 1.10 bits per heavy atom. The lowest BCUT2D eigenvalue weighted by atomic mass is 9.94. The number of halogens is 2. The summed E-state index contributed by atoms with van der Waals surface area (Å²) in [5.41, 5.74) is 2.07. The molecule has 0 spiro atoms. The summed E-state index contributed by atoms with van der Waals surface area (Å²) in [4.78, 5) is 12.7. The van der Waals surface area contributed by atoms with E-state index in [0.717, 1.165) is 29.4 Å². The van der Waals surface area contributed by atoms with Crippen LogP contribution in [0.2, 0.25) is 5.02 Å². The topological polar surface area (TPSA) is 52.5 Å². The van der Waals surface area contributed by atoms with Crippen LogP contribution in [-0.4, -0.2) is 53.2 Å². The number of likely N-dealkylation sites (N-methyl/N-ethyl adjacent to an activating group) is 1. The summed E-state index contributed by atoms with van der Waals surface area (Å²) >= 11 is 6.54. The van der Waals surface area contributed by atoms with Crippen molar-refractivity contribution in [3.8, 4) is 17.0 Å². The van der Waals surface area contributed by atoms with E-state index in [1.807, 2.05) is 56.3 Å². The summed E-state index contributed by atoms with van der Waals surface area (Å²) in [6.07, 6.45) is 0. The van der Waals surface area contributed by atoms with Crippen LogP contribution >= 0.6 is 11.6 Å². The Bertz CT molecular complexity index is 1330. The van der Waals surface area contributed by atoms with Gasteiger partial charge in [-0.15, -0.1) is 0 Å². The van der Waals surface area contributed by atoms with E-state index in [4.69, 9.17) is 11.6 Å². The first-order chi connectivity index (χ1) is 14.8. The second kappa shape index (κ2) is 7.32. The third-order valence-electron chi connectivity index (χ3n) is 6.00. The summed E-state index contributed by atoms with van der Waals surface area (Å²) in [5, 5.41) is 12.8. The molecule has 158 valence electrons. The summed E-state index contributed by atoms with van der Waals surface area (Å²) in [6.45, 7) is 3.42. The van der Waals surface area contributed by atoms with Gasteiger partial charge in [0.15, 0.2) is 5.82 Å². The van der Waals surface area contributed by atoms with E-state index in [1.54, 1.807) is 6.07 Å². The van der Waals surface area contributed by atoms with Gasteiger partial charge < -0.3 is 14.9 Å². The predicted octanol–water partition coefficient (Wildman–Crippen LogP) is 5.01. The largest absolute Gasteiger partial charge is 0.493 e. The molecule has 0 radical (unpaired) electrons. The van der Waals surface area contributed by atoms with Gasteiger partial charge in [-0.2, -0.15) is 4.98 Å². The highest BCUT2D eigenvalue weighted by Crippen LogP contribution is 2.41. The van der Waals surface area contributed by atoms with Crippen molar-refractivity contribution in [1.29, 1.82) is 0 Å². The van der Waals surface area contributed by atoms with Crippen molar-refractivity contribution in [2.75, 3.05) is 32.1 Å². The van der Waals surface area contributed by atoms with Crippen LogP contribution in [0.25, 0.3) is 32.8 Å². The Morgan fingerprint density at radius 3 is 2.58 bits per heavy atom. The molecule has 0 bridgehead atoms. The Labute approximate surface area is 184 Å². The Balaban J connectivity index is 1.71. The number of fused-ring (bicyclic) bond motifs is 2. The van der Waals surface area contributed by atoms with Crippen LogP contribution in [0.1, 0.15) is 5.56 Å². The van der Waals surface area contributed by atoms with Gasteiger partial charge in [-0.1, -0.05) is 48.0 Å². The van der Waals surface area contributed by atoms with Gasteiger partial charge in [0.2, 0.25) is 11.8 Å². The van der Waals surface area contributed by atoms with E-state index in [9.17, 15) is 5.11 Å². The molecule has 1 aromatic heterocycles. The van der Waals surface area contributed by atoms with Crippen LogP contribution in [0.3, 0.4) is 0 Å². The molecule has 1 N–H and O–H groups in total. The molecule has 0 unspecified atom stereocenters. The van der Waals surface area contributed by atoms with Crippen LogP contribution in [0.4, 0.5) is 10.3 Å². The molecule has 3 aromatic carbocycles. The van der Waals surface area contributed by atoms with Gasteiger partial charge in [0.05, 0.1) is 10.4 Å². The molecule has 2 heterocycles. The molecule has 0 aliphatic carbocycles. The number of anilines is 1. The third-order valence-corrected chi connectivity index (χ3v) is 6.30. The number of nitrogens with zero attached hydrogens (tertiary/aromatic N) is 4. The molecule has 1 aliphatic rings. The average Bonchev–Trinajstić information content (AvgIpc) is 2.67. The van der Waals surface area contributed by atoms with Gasteiger partial charge in [0.25, 0.3) is 0 Å². The normalized spacial score (nSPS) is 14.6. The second-order valence-corrected chi connectivity index (χ2v) is 8.75. The zero-order valence-corrected chi connectivity index (χ0v) is 18.3. The summed E-state index contributed by atoms with van der Waals surface area (Å²) in [6, 6.07) is 13.7. The highest BCUT2D eigenvalue weighted by Gasteiger charge is 2.31. The lowest BCUT2D eigenvalue weighted by molar-refractivity contribution is 0.244. The second-order valence-electron chi connectivity index (χ2n) is 8.35. The monoisotopic (exact) mass is 436 g/mol. The maximum atomic E-state index is 15.9. The minimum absolute atomic E-state index is 0.0702. The highest BCUT2D eigenvalue weighted by atomic mass is 35.5. The zero-order valence-electron chi connectivity index (χ0n) is 17.5. The molecule has 5 rings (SSSR count). The van der Waals surface area contributed by atoms with Crippen molar-refractivity contribution in [1.82, 2.24) is 14.9 Å². The van der Waals surface area contributed by atoms with Crippen LogP contribution < -0.4 is 4.90 Å². The number of aromatic hydroxyl groups is 1. The first kappa shape index (κ1) is 20.0. The summed E-state index contributed by atoms with van der Waals surface area (Å²) < 4.78 is 15.9. The Kier molecular flexibility index (Phi) is 4.72. The van der Waals surface area contributed by atoms with E-state index >= 15 is 4.39 Å². The zero-order chi connectivity index (χ0) is 21.9. The van der Waals surface area contributed by atoms with E-state index < -0.39 is 5.82 Å². The number of hydrogen-bond donors (Lipinski definition) is 1. The molecule has 0 amide bonds. The molecule has 1 aliphatic heterocycles. The molecular formula is C24H22ClFN4O. The number of aryl methyl sites for hydroxylation is 1. The molecule has 1 saturated heterocycles. The number of rotatable bonds is 3.